The highest BCUT2D eigenvalue weighted by Gasteiger charge is 2.28. The Hall–Kier alpha value is -1.36. The molecule has 0 unspecified atom stereocenters. The van der Waals surface area contributed by atoms with Crippen LogP contribution in [0.4, 0.5) is 5.69 Å². The summed E-state index contributed by atoms with van der Waals surface area (Å²) in [6.07, 6.45) is 0. The predicted octanol–water partition coefficient (Wildman–Crippen LogP) is 2.11. The quantitative estimate of drug-likeness (QED) is 0.372. The lowest BCUT2D eigenvalue weighted by Crippen LogP contribution is -2.43. The van der Waals surface area contributed by atoms with Crippen molar-refractivity contribution < 1.29 is 5.21 Å². The first kappa shape index (κ1) is 13.1. The van der Waals surface area contributed by atoms with E-state index in [9.17, 15) is 0 Å². The number of nitrogens with two attached hydrogens (primary N) is 1. The van der Waals surface area contributed by atoms with Crippen LogP contribution >= 0.6 is 11.8 Å². The van der Waals surface area contributed by atoms with Gasteiger partial charge in [0.2, 0.25) is 0 Å². The van der Waals surface area contributed by atoms with Crippen LogP contribution in [0.5, 0.6) is 0 Å². The van der Waals surface area contributed by atoms with Gasteiger partial charge >= 0.3 is 0 Å². The molecule has 0 atom stereocenters. The summed E-state index contributed by atoms with van der Waals surface area (Å²) in [4.78, 5) is 2.31. The monoisotopic (exact) mass is 265 g/mol. The largest absolute Gasteiger partial charge is 0.409 e. The van der Waals surface area contributed by atoms with Crippen molar-refractivity contribution in [1.29, 1.82) is 0 Å². The molecule has 1 saturated heterocycles. The summed E-state index contributed by atoms with van der Waals surface area (Å²) >= 11 is 1.99. The fourth-order valence-electron chi connectivity index (χ4n) is 2.24. The number of para-hydroxylation sites is 1. The number of nitrogens with zero attached hydrogens (tertiary/aromatic N) is 2. The van der Waals surface area contributed by atoms with Crippen LogP contribution in [0, 0.1) is 0 Å². The molecule has 0 amide bonds. The van der Waals surface area contributed by atoms with E-state index in [1.54, 1.807) is 0 Å². The van der Waals surface area contributed by atoms with Crippen LogP contribution in [0.3, 0.4) is 0 Å². The van der Waals surface area contributed by atoms with Crippen molar-refractivity contribution in [3.63, 3.8) is 0 Å². The lowest BCUT2D eigenvalue weighted by Gasteiger charge is -2.39. The van der Waals surface area contributed by atoms with E-state index in [4.69, 9.17) is 10.9 Å². The Balaban J connectivity index is 2.33. The summed E-state index contributed by atoms with van der Waals surface area (Å²) in [5, 5.41) is 12.0. The van der Waals surface area contributed by atoms with Gasteiger partial charge in [0.05, 0.1) is 0 Å². The van der Waals surface area contributed by atoms with Gasteiger partial charge in [-0.1, -0.05) is 17.3 Å². The van der Waals surface area contributed by atoms with Crippen LogP contribution in [-0.2, 0) is 0 Å². The van der Waals surface area contributed by atoms with Crippen molar-refractivity contribution >= 4 is 23.3 Å². The van der Waals surface area contributed by atoms with Crippen LogP contribution in [0.25, 0.3) is 0 Å². The number of anilines is 1. The number of oxime groups is 1. The lowest BCUT2D eigenvalue weighted by molar-refractivity contribution is 0.318. The highest BCUT2D eigenvalue weighted by atomic mass is 32.2. The molecule has 0 saturated carbocycles. The standard InChI is InChI=1S/C13H19N3OS/c1-13(2)9-16(7-8-18-13)11-6-4-3-5-10(11)12(14)15-17/h3-6,17H,7-9H2,1-2H3,(H2,14,15). The minimum Gasteiger partial charge on any atom is -0.409 e. The maximum Gasteiger partial charge on any atom is 0.172 e. The molecule has 1 heterocycles. The van der Waals surface area contributed by atoms with Gasteiger partial charge in [-0.25, -0.2) is 0 Å². The first-order valence-corrected chi connectivity index (χ1v) is 6.98. The highest BCUT2D eigenvalue weighted by molar-refractivity contribution is 8.00. The first-order valence-electron chi connectivity index (χ1n) is 5.99. The third kappa shape index (κ3) is 2.72. The van der Waals surface area contributed by atoms with E-state index in [1.807, 2.05) is 36.0 Å². The Morgan fingerprint density at radius 3 is 2.83 bits per heavy atom. The minimum absolute atomic E-state index is 0.168. The molecule has 2 rings (SSSR count). The van der Waals surface area contributed by atoms with Crippen LogP contribution < -0.4 is 10.6 Å². The van der Waals surface area contributed by atoms with E-state index in [1.165, 1.54) is 0 Å². The van der Waals surface area contributed by atoms with Crippen molar-refractivity contribution in [3.8, 4) is 0 Å². The summed E-state index contributed by atoms with van der Waals surface area (Å²) in [6, 6.07) is 7.80. The molecule has 0 aliphatic carbocycles. The molecular weight excluding hydrogens is 246 g/mol. The zero-order valence-electron chi connectivity index (χ0n) is 10.8. The average molecular weight is 265 g/mol. The summed E-state index contributed by atoms with van der Waals surface area (Å²) in [6.45, 7) is 6.45. The van der Waals surface area contributed by atoms with Crippen LogP contribution in [0.15, 0.2) is 29.4 Å². The molecule has 4 nitrogen and oxygen atoms in total. The van der Waals surface area contributed by atoms with Gasteiger partial charge < -0.3 is 15.8 Å². The number of rotatable bonds is 2. The normalized spacial score (nSPS) is 19.9. The molecular formula is C13H19N3OS. The molecule has 1 aliphatic heterocycles. The van der Waals surface area contributed by atoms with Crippen molar-refractivity contribution in [1.82, 2.24) is 0 Å². The zero-order chi connectivity index (χ0) is 13.2. The van der Waals surface area contributed by atoms with Crippen LogP contribution in [0.1, 0.15) is 19.4 Å². The third-order valence-electron chi connectivity index (χ3n) is 3.05. The summed E-state index contributed by atoms with van der Waals surface area (Å²) < 4.78 is 0.233. The minimum atomic E-state index is 0.168. The molecule has 0 spiro atoms. The Morgan fingerprint density at radius 1 is 1.44 bits per heavy atom. The number of hydrogen-bond acceptors (Lipinski definition) is 4. The van der Waals surface area contributed by atoms with Gasteiger partial charge in [0.25, 0.3) is 0 Å². The Labute approximate surface area is 112 Å². The lowest BCUT2D eigenvalue weighted by atomic mass is 10.1. The van der Waals surface area contributed by atoms with E-state index < -0.39 is 0 Å². The maximum atomic E-state index is 8.85. The van der Waals surface area contributed by atoms with Crippen LogP contribution in [0.2, 0.25) is 0 Å². The van der Waals surface area contributed by atoms with Gasteiger partial charge in [-0.3, -0.25) is 0 Å². The van der Waals surface area contributed by atoms with Gasteiger partial charge in [-0.2, -0.15) is 11.8 Å². The second-order valence-electron chi connectivity index (χ2n) is 5.03. The fourth-order valence-corrected chi connectivity index (χ4v) is 3.35. The molecule has 1 aliphatic rings. The SMILES string of the molecule is CC1(C)CN(c2ccccc2/C(N)=N/O)CCS1. The average Bonchev–Trinajstić information content (AvgIpc) is 2.36. The summed E-state index contributed by atoms with van der Waals surface area (Å²) in [5.41, 5.74) is 7.57. The molecule has 18 heavy (non-hydrogen) atoms. The Bertz CT molecular complexity index is 459. The van der Waals surface area contributed by atoms with Crippen molar-refractivity contribution in [2.75, 3.05) is 23.7 Å². The van der Waals surface area contributed by atoms with Gasteiger partial charge in [-0.15, -0.1) is 0 Å². The van der Waals surface area contributed by atoms with Crippen molar-refractivity contribution in [2.24, 2.45) is 10.9 Å². The Kier molecular flexibility index (Phi) is 3.71. The molecule has 5 heteroatoms. The molecule has 0 radical (unpaired) electrons. The smallest absolute Gasteiger partial charge is 0.172 e. The number of benzene rings is 1. The van der Waals surface area contributed by atoms with Gasteiger partial charge in [0.1, 0.15) is 0 Å². The molecule has 3 N–H and O–H groups in total. The predicted molar refractivity (Wildman–Crippen MR) is 77.7 cm³/mol. The fraction of sp³-hybridized carbons (Fsp3) is 0.462. The number of amidine groups is 1. The highest BCUT2D eigenvalue weighted by Crippen LogP contribution is 2.33. The molecule has 1 aromatic rings. The van der Waals surface area contributed by atoms with Crippen LogP contribution in [-0.4, -0.2) is 34.6 Å². The molecule has 1 fully saturated rings. The molecule has 0 aromatic heterocycles. The summed E-state index contributed by atoms with van der Waals surface area (Å²) in [5.74, 6) is 1.26. The zero-order valence-corrected chi connectivity index (χ0v) is 11.6. The van der Waals surface area contributed by atoms with Gasteiger partial charge in [-0.05, 0) is 26.0 Å². The van der Waals surface area contributed by atoms with E-state index in [-0.39, 0.29) is 10.6 Å². The molecule has 1 aromatic carbocycles. The second kappa shape index (κ2) is 5.10. The second-order valence-corrected chi connectivity index (χ2v) is 6.83. The van der Waals surface area contributed by atoms with Gasteiger partial charge in [0, 0.05) is 34.8 Å². The maximum absolute atomic E-state index is 8.85. The van der Waals surface area contributed by atoms with Gasteiger partial charge in [0.15, 0.2) is 5.84 Å². The first-order chi connectivity index (χ1) is 8.53. The van der Waals surface area contributed by atoms with E-state index in [0.717, 1.165) is 30.1 Å². The molecule has 98 valence electrons. The molecule has 0 bridgehead atoms. The van der Waals surface area contributed by atoms with Crippen molar-refractivity contribution in [3.05, 3.63) is 29.8 Å². The van der Waals surface area contributed by atoms with Crippen molar-refractivity contribution in [2.45, 2.75) is 18.6 Å². The number of thioether (sulfide) groups is 1. The van der Waals surface area contributed by atoms with E-state index in [0.29, 0.717) is 0 Å². The van der Waals surface area contributed by atoms with E-state index in [2.05, 4.69) is 23.9 Å². The number of hydrogen-bond donors (Lipinski definition) is 2. The summed E-state index contributed by atoms with van der Waals surface area (Å²) in [7, 11) is 0. The van der Waals surface area contributed by atoms with E-state index >= 15 is 0 Å². The topological polar surface area (TPSA) is 61.8 Å². The third-order valence-corrected chi connectivity index (χ3v) is 4.35. The Morgan fingerprint density at radius 2 is 2.17 bits per heavy atom.